The minimum atomic E-state index is -0.0277. The molecule has 0 radical (unpaired) electrons. The van der Waals surface area contributed by atoms with Crippen molar-refractivity contribution < 1.29 is 9.59 Å². The summed E-state index contributed by atoms with van der Waals surface area (Å²) in [7, 11) is 0. The van der Waals surface area contributed by atoms with Crippen molar-refractivity contribution in [1.29, 1.82) is 0 Å². The Balaban J connectivity index is 1.71. The van der Waals surface area contributed by atoms with Crippen molar-refractivity contribution in [2.75, 3.05) is 0 Å². The summed E-state index contributed by atoms with van der Waals surface area (Å²) in [5, 5.41) is 9.06. The first-order valence-corrected chi connectivity index (χ1v) is 8.69. The van der Waals surface area contributed by atoms with Crippen molar-refractivity contribution in [2.24, 2.45) is 44.7 Å². The molecular weight excluding hydrogens is 300 g/mol. The molecule has 0 N–H and O–H groups in total. The monoisotopic (exact) mass is 324 g/mol. The highest BCUT2D eigenvalue weighted by atomic mass is 16.1. The summed E-state index contributed by atoms with van der Waals surface area (Å²) >= 11 is 0. The highest BCUT2D eigenvalue weighted by Crippen LogP contribution is 2.63. The number of nitrogens with zero attached hydrogens (tertiary/aromatic N) is 2. The Morgan fingerprint density at radius 3 is 1.38 bits per heavy atom. The molecule has 24 heavy (non-hydrogen) atoms. The number of rotatable bonds is 1. The lowest BCUT2D eigenvalue weighted by molar-refractivity contribution is -0.118. The lowest BCUT2D eigenvalue weighted by Gasteiger charge is -2.10. The number of hydrogen-bond acceptors (Lipinski definition) is 4. The predicted molar refractivity (Wildman–Crippen MR) is 93.9 cm³/mol. The van der Waals surface area contributed by atoms with Gasteiger partial charge >= 0.3 is 0 Å². The van der Waals surface area contributed by atoms with E-state index in [4.69, 9.17) is 0 Å². The van der Waals surface area contributed by atoms with Gasteiger partial charge in [0.1, 0.15) is 0 Å². The van der Waals surface area contributed by atoms with Crippen LogP contribution in [0.2, 0.25) is 0 Å². The molecule has 4 aliphatic carbocycles. The number of Topliss-reactive ketones (excluding diaryl/α,β-unsaturated/α-hetero) is 2. The van der Waals surface area contributed by atoms with Gasteiger partial charge in [0, 0.05) is 23.7 Å². The molecule has 126 valence electrons. The van der Waals surface area contributed by atoms with E-state index < -0.39 is 0 Å². The fourth-order valence-corrected chi connectivity index (χ4v) is 4.91. The van der Waals surface area contributed by atoms with Gasteiger partial charge in [0.2, 0.25) is 0 Å². The fourth-order valence-electron chi connectivity index (χ4n) is 4.91. The van der Waals surface area contributed by atoms with E-state index in [0.29, 0.717) is 0 Å². The van der Waals surface area contributed by atoms with E-state index in [1.165, 1.54) is 0 Å². The van der Waals surface area contributed by atoms with Gasteiger partial charge in [0.05, 0.1) is 11.4 Å². The molecule has 4 aliphatic rings. The SMILES string of the molecule is CC1=C/C(=N/N=C2/C=C(C)C(=O)C3C2C3(C)C)C2C(C1=O)C2(C)C. The Morgan fingerprint density at radius 1 is 0.708 bits per heavy atom. The summed E-state index contributed by atoms with van der Waals surface area (Å²) in [6.07, 6.45) is 3.78. The Bertz CT molecular complexity index is 739. The standard InChI is InChI=1S/C20H24N2O2/c1-9-7-11(13-15(17(9)23)19(13,3)4)21-22-12-8-10(2)18(24)16-14(12)20(16,5)6/h7-8,13-16H,1-6H3/b21-11-,22-12-. The molecule has 4 heteroatoms. The fraction of sp³-hybridized carbons (Fsp3) is 0.600. The van der Waals surface area contributed by atoms with Crippen LogP contribution < -0.4 is 0 Å². The van der Waals surface area contributed by atoms with Gasteiger partial charge in [-0.3, -0.25) is 9.59 Å². The highest BCUT2D eigenvalue weighted by molar-refractivity contribution is 6.18. The third kappa shape index (κ3) is 1.86. The number of fused-ring (bicyclic) bond motifs is 2. The van der Waals surface area contributed by atoms with Crippen LogP contribution in [-0.2, 0) is 9.59 Å². The zero-order valence-electron chi connectivity index (χ0n) is 15.2. The molecule has 0 aromatic heterocycles. The van der Waals surface area contributed by atoms with E-state index in [-0.39, 0.29) is 46.1 Å². The van der Waals surface area contributed by atoms with E-state index in [1.54, 1.807) is 0 Å². The number of hydrogen-bond donors (Lipinski definition) is 0. The van der Waals surface area contributed by atoms with Gasteiger partial charge in [-0.2, -0.15) is 10.2 Å². The van der Waals surface area contributed by atoms with Gasteiger partial charge < -0.3 is 0 Å². The van der Waals surface area contributed by atoms with Gasteiger partial charge in [-0.1, -0.05) is 27.7 Å². The van der Waals surface area contributed by atoms with Gasteiger partial charge in [-0.25, -0.2) is 0 Å². The molecule has 0 aromatic rings. The molecule has 2 saturated carbocycles. The van der Waals surface area contributed by atoms with Gasteiger partial charge in [-0.05, 0) is 48.0 Å². The molecule has 4 nitrogen and oxygen atoms in total. The van der Waals surface area contributed by atoms with Crippen molar-refractivity contribution in [3.8, 4) is 0 Å². The zero-order chi connectivity index (χ0) is 17.6. The van der Waals surface area contributed by atoms with E-state index in [0.717, 1.165) is 22.6 Å². The minimum Gasteiger partial charge on any atom is -0.294 e. The normalized spacial score (nSPS) is 41.6. The second kappa shape index (κ2) is 4.41. The molecule has 0 saturated heterocycles. The van der Waals surface area contributed by atoms with Crippen LogP contribution in [0.4, 0.5) is 0 Å². The summed E-state index contributed by atoms with van der Waals surface area (Å²) in [5.74, 6) is 0.958. The van der Waals surface area contributed by atoms with Crippen LogP contribution in [0.5, 0.6) is 0 Å². The van der Waals surface area contributed by atoms with Crippen LogP contribution in [0.15, 0.2) is 33.5 Å². The second-order valence-electron chi connectivity index (χ2n) is 8.99. The summed E-state index contributed by atoms with van der Waals surface area (Å²) < 4.78 is 0. The molecule has 0 heterocycles. The highest BCUT2D eigenvalue weighted by Gasteiger charge is 2.66. The second-order valence-corrected chi connectivity index (χ2v) is 8.99. The lowest BCUT2D eigenvalue weighted by atomic mass is 9.98. The van der Waals surface area contributed by atoms with Crippen LogP contribution in [0.1, 0.15) is 41.5 Å². The summed E-state index contributed by atoms with van der Waals surface area (Å²) in [4.78, 5) is 24.5. The summed E-state index contributed by atoms with van der Waals surface area (Å²) in [6, 6.07) is 0. The predicted octanol–water partition coefficient (Wildman–Crippen LogP) is 3.39. The zero-order valence-corrected chi connectivity index (χ0v) is 15.2. The third-order valence-corrected chi connectivity index (χ3v) is 6.64. The first-order chi connectivity index (χ1) is 11.1. The minimum absolute atomic E-state index is 0.0277. The van der Waals surface area contributed by atoms with Crippen molar-refractivity contribution in [1.82, 2.24) is 0 Å². The van der Waals surface area contributed by atoms with E-state index >= 15 is 0 Å². The molecule has 4 rings (SSSR count). The quantitative estimate of drug-likeness (QED) is 0.694. The summed E-state index contributed by atoms with van der Waals surface area (Å²) in [6.45, 7) is 12.2. The van der Waals surface area contributed by atoms with Crippen molar-refractivity contribution in [3.05, 3.63) is 23.3 Å². The largest absolute Gasteiger partial charge is 0.294 e. The number of carbonyl (C=O) groups is 2. The Labute approximate surface area is 142 Å². The maximum Gasteiger partial charge on any atom is 0.162 e. The molecule has 4 atom stereocenters. The average molecular weight is 324 g/mol. The first-order valence-electron chi connectivity index (χ1n) is 8.69. The smallest absolute Gasteiger partial charge is 0.162 e. The number of ketones is 2. The van der Waals surface area contributed by atoms with Crippen LogP contribution >= 0.6 is 0 Å². The topological polar surface area (TPSA) is 58.9 Å². The van der Waals surface area contributed by atoms with Crippen molar-refractivity contribution >= 4 is 23.0 Å². The number of allylic oxidation sites excluding steroid dienone is 4. The average Bonchev–Trinajstić information content (AvgIpc) is 3.27. The molecule has 0 amide bonds. The van der Waals surface area contributed by atoms with E-state index in [9.17, 15) is 9.59 Å². The molecule has 2 fully saturated rings. The summed E-state index contributed by atoms with van der Waals surface area (Å²) in [5.41, 5.74) is 3.31. The Morgan fingerprint density at radius 2 is 1.04 bits per heavy atom. The van der Waals surface area contributed by atoms with E-state index in [1.807, 2.05) is 26.0 Å². The van der Waals surface area contributed by atoms with Gasteiger partial charge in [0.15, 0.2) is 11.6 Å². The van der Waals surface area contributed by atoms with Gasteiger partial charge in [-0.15, -0.1) is 0 Å². The van der Waals surface area contributed by atoms with Crippen LogP contribution in [0, 0.1) is 34.5 Å². The molecule has 4 unspecified atom stereocenters. The Hall–Kier alpha value is -1.84. The first kappa shape index (κ1) is 15.7. The number of carbonyl (C=O) groups excluding carboxylic acids is 2. The molecule has 0 aliphatic heterocycles. The molecule has 0 bridgehead atoms. The maximum absolute atomic E-state index is 12.3. The molecule has 0 spiro atoms. The molecular formula is C20H24N2O2. The Kier molecular flexibility index (Phi) is 2.88. The third-order valence-electron chi connectivity index (χ3n) is 6.64. The van der Waals surface area contributed by atoms with Crippen LogP contribution in [0.25, 0.3) is 0 Å². The van der Waals surface area contributed by atoms with Crippen molar-refractivity contribution in [3.63, 3.8) is 0 Å². The van der Waals surface area contributed by atoms with Gasteiger partial charge in [0.25, 0.3) is 0 Å². The van der Waals surface area contributed by atoms with E-state index in [2.05, 4.69) is 37.9 Å². The lowest BCUT2D eigenvalue weighted by Crippen LogP contribution is -2.17. The van der Waals surface area contributed by atoms with Crippen molar-refractivity contribution in [2.45, 2.75) is 41.5 Å². The maximum atomic E-state index is 12.3. The molecule has 0 aromatic carbocycles. The van der Waals surface area contributed by atoms with Crippen LogP contribution in [0.3, 0.4) is 0 Å². The van der Waals surface area contributed by atoms with Crippen LogP contribution in [-0.4, -0.2) is 23.0 Å².